The Morgan fingerprint density at radius 1 is 1.30 bits per heavy atom. The summed E-state index contributed by atoms with van der Waals surface area (Å²) in [4.78, 5) is 12.9. The summed E-state index contributed by atoms with van der Waals surface area (Å²) in [5.74, 6) is -0.903. The van der Waals surface area contributed by atoms with Crippen LogP contribution >= 0.6 is 0 Å². The van der Waals surface area contributed by atoms with Gasteiger partial charge in [0, 0.05) is 19.3 Å². The molecule has 1 unspecified atom stereocenters. The Bertz CT molecular complexity index is 554. The predicted octanol–water partition coefficient (Wildman–Crippen LogP) is 1.28. The average molecular weight is 300 g/mol. The number of likely N-dealkylation sites (N-methyl/N-ethyl adjacent to an activating group) is 1. The fourth-order valence-corrected chi connectivity index (χ4v) is 2.97. The zero-order valence-electron chi connectivity index (χ0n) is 11.8. The number of aliphatic carboxylic acids is 1. The summed E-state index contributed by atoms with van der Waals surface area (Å²) in [6, 6.07) is 5.52. The molecule has 112 valence electrons. The van der Waals surface area contributed by atoms with E-state index in [-0.39, 0.29) is 4.90 Å². The first-order valence-electron chi connectivity index (χ1n) is 6.38. The number of carboxylic acid groups (broad SMARTS) is 1. The number of rotatable bonds is 7. The summed E-state index contributed by atoms with van der Waals surface area (Å²) < 4.78 is 26.0. The molecule has 2 N–H and O–H groups in total. The minimum absolute atomic E-state index is 0.167. The minimum atomic E-state index is -3.48. The van der Waals surface area contributed by atoms with Gasteiger partial charge in [-0.1, -0.05) is 13.8 Å². The van der Waals surface area contributed by atoms with Crippen molar-refractivity contribution in [2.24, 2.45) is 0 Å². The molecule has 0 saturated heterocycles. The third-order valence-electron chi connectivity index (χ3n) is 3.03. The van der Waals surface area contributed by atoms with Crippen molar-refractivity contribution in [1.82, 2.24) is 4.72 Å². The number of nitrogens with one attached hydrogen (secondary N) is 1. The zero-order valence-corrected chi connectivity index (χ0v) is 12.6. The number of hydrogen-bond acceptors (Lipinski definition) is 4. The summed E-state index contributed by atoms with van der Waals surface area (Å²) in [7, 11) is -1.80. The lowest BCUT2D eigenvalue weighted by molar-refractivity contribution is -0.138. The molecule has 20 heavy (non-hydrogen) atoms. The number of carbonyl (C=O) groups is 1. The quantitative estimate of drug-likeness (QED) is 0.792. The summed E-state index contributed by atoms with van der Waals surface area (Å²) >= 11 is 0. The van der Waals surface area contributed by atoms with Gasteiger partial charge in [0.15, 0.2) is 0 Å². The molecule has 0 aliphatic heterocycles. The second-order valence-corrected chi connectivity index (χ2v) is 6.14. The fourth-order valence-electron chi connectivity index (χ4n) is 1.93. The summed E-state index contributed by atoms with van der Waals surface area (Å²) in [6.45, 7) is 3.82. The van der Waals surface area contributed by atoms with Gasteiger partial charge >= 0.3 is 5.97 Å². The van der Waals surface area contributed by atoms with Crippen molar-refractivity contribution in [3.05, 3.63) is 24.3 Å². The predicted molar refractivity (Wildman–Crippen MR) is 77.4 cm³/mol. The molecule has 0 aliphatic carbocycles. The first-order chi connectivity index (χ1) is 9.33. The average Bonchev–Trinajstić information content (AvgIpc) is 2.39. The van der Waals surface area contributed by atoms with Gasteiger partial charge in [0.1, 0.15) is 6.04 Å². The molecule has 0 heterocycles. The van der Waals surface area contributed by atoms with Crippen LogP contribution in [0.2, 0.25) is 0 Å². The van der Waals surface area contributed by atoms with E-state index in [0.29, 0.717) is 18.7 Å². The molecular weight excluding hydrogens is 280 g/mol. The number of nitrogens with zero attached hydrogens (tertiary/aromatic N) is 1. The Morgan fingerprint density at radius 2 is 1.85 bits per heavy atom. The van der Waals surface area contributed by atoms with E-state index in [4.69, 9.17) is 5.11 Å². The number of hydrogen-bond donors (Lipinski definition) is 2. The van der Waals surface area contributed by atoms with Crippen molar-refractivity contribution < 1.29 is 18.3 Å². The van der Waals surface area contributed by atoms with Crippen LogP contribution in [0.25, 0.3) is 0 Å². The van der Waals surface area contributed by atoms with Crippen LogP contribution in [-0.2, 0) is 14.8 Å². The van der Waals surface area contributed by atoms with Gasteiger partial charge in [-0.05, 0) is 30.7 Å². The lowest BCUT2D eigenvalue weighted by Gasteiger charge is -2.25. The van der Waals surface area contributed by atoms with E-state index in [1.54, 1.807) is 37.9 Å². The molecule has 0 spiro atoms. The van der Waals surface area contributed by atoms with Crippen molar-refractivity contribution in [3.63, 3.8) is 0 Å². The molecule has 0 bridgehead atoms. The first kappa shape index (κ1) is 16.5. The SMILES string of the molecule is CCNS(=O)(=O)c1ccc(N(C)C(CC)C(=O)O)cc1. The zero-order chi connectivity index (χ0) is 15.3. The van der Waals surface area contributed by atoms with Crippen molar-refractivity contribution in [1.29, 1.82) is 0 Å². The maximum absolute atomic E-state index is 11.8. The Morgan fingerprint density at radius 3 is 2.25 bits per heavy atom. The van der Waals surface area contributed by atoms with Crippen molar-refractivity contribution in [2.75, 3.05) is 18.5 Å². The molecule has 1 aromatic carbocycles. The van der Waals surface area contributed by atoms with Crippen molar-refractivity contribution in [2.45, 2.75) is 31.2 Å². The van der Waals surface area contributed by atoms with Crippen molar-refractivity contribution in [3.8, 4) is 0 Å². The second kappa shape index (κ2) is 6.71. The lowest BCUT2D eigenvalue weighted by Crippen LogP contribution is -2.37. The highest BCUT2D eigenvalue weighted by Gasteiger charge is 2.21. The van der Waals surface area contributed by atoms with Gasteiger partial charge in [0.2, 0.25) is 10.0 Å². The standard InChI is InChI=1S/C13H20N2O4S/c1-4-12(13(16)17)15(3)10-6-8-11(9-7-10)20(18,19)14-5-2/h6-9,12,14H,4-5H2,1-3H3,(H,16,17). The van der Waals surface area contributed by atoms with E-state index in [9.17, 15) is 13.2 Å². The van der Waals surface area contributed by atoms with Crippen LogP contribution in [0, 0.1) is 0 Å². The Kier molecular flexibility index (Phi) is 5.52. The van der Waals surface area contributed by atoms with Gasteiger partial charge < -0.3 is 10.0 Å². The second-order valence-electron chi connectivity index (χ2n) is 4.37. The monoisotopic (exact) mass is 300 g/mol. The van der Waals surface area contributed by atoms with Crippen LogP contribution in [0.4, 0.5) is 5.69 Å². The molecule has 6 nitrogen and oxygen atoms in total. The van der Waals surface area contributed by atoms with E-state index >= 15 is 0 Å². The molecule has 0 aliphatic rings. The van der Waals surface area contributed by atoms with Crippen LogP contribution in [0.5, 0.6) is 0 Å². The van der Waals surface area contributed by atoms with Gasteiger partial charge in [-0.15, -0.1) is 0 Å². The highest BCUT2D eigenvalue weighted by Crippen LogP contribution is 2.19. The summed E-state index contributed by atoms with van der Waals surface area (Å²) in [5, 5.41) is 9.11. The number of carboxylic acids is 1. The van der Waals surface area contributed by atoms with Crippen molar-refractivity contribution >= 4 is 21.7 Å². The summed E-state index contributed by atoms with van der Waals surface area (Å²) in [6.07, 6.45) is 0.462. The van der Waals surface area contributed by atoms with Crippen LogP contribution in [0.1, 0.15) is 20.3 Å². The molecule has 1 rings (SSSR count). The summed E-state index contributed by atoms with van der Waals surface area (Å²) in [5.41, 5.74) is 0.662. The van der Waals surface area contributed by atoms with E-state index < -0.39 is 22.0 Å². The first-order valence-corrected chi connectivity index (χ1v) is 7.87. The molecule has 7 heteroatoms. The molecule has 0 amide bonds. The van der Waals surface area contributed by atoms with E-state index in [0.717, 1.165) is 0 Å². The van der Waals surface area contributed by atoms with Crippen LogP contribution in [0.3, 0.4) is 0 Å². The Labute approximate surface area is 119 Å². The van der Waals surface area contributed by atoms with Gasteiger partial charge in [-0.3, -0.25) is 0 Å². The van der Waals surface area contributed by atoms with Crippen LogP contribution < -0.4 is 9.62 Å². The maximum Gasteiger partial charge on any atom is 0.326 e. The highest BCUT2D eigenvalue weighted by molar-refractivity contribution is 7.89. The van der Waals surface area contributed by atoms with Crippen LogP contribution in [0.15, 0.2) is 29.2 Å². The maximum atomic E-state index is 11.8. The van der Waals surface area contributed by atoms with E-state index in [2.05, 4.69) is 4.72 Å². The number of sulfonamides is 1. The van der Waals surface area contributed by atoms with Crippen LogP contribution in [-0.4, -0.2) is 39.1 Å². The third kappa shape index (κ3) is 3.71. The molecule has 0 fully saturated rings. The molecular formula is C13H20N2O4S. The van der Waals surface area contributed by atoms with E-state index in [1.807, 2.05) is 0 Å². The minimum Gasteiger partial charge on any atom is -0.480 e. The smallest absolute Gasteiger partial charge is 0.326 e. The molecule has 0 saturated carbocycles. The lowest BCUT2D eigenvalue weighted by atomic mass is 10.2. The van der Waals surface area contributed by atoms with Gasteiger partial charge in [-0.2, -0.15) is 0 Å². The molecule has 0 aromatic heterocycles. The fraction of sp³-hybridized carbons (Fsp3) is 0.462. The van der Waals surface area contributed by atoms with Gasteiger partial charge in [0.25, 0.3) is 0 Å². The molecule has 1 atom stereocenters. The third-order valence-corrected chi connectivity index (χ3v) is 4.59. The van der Waals surface area contributed by atoms with Gasteiger partial charge in [0.05, 0.1) is 4.90 Å². The molecule has 0 radical (unpaired) electrons. The topological polar surface area (TPSA) is 86.7 Å². The Hall–Kier alpha value is -1.60. The largest absolute Gasteiger partial charge is 0.480 e. The van der Waals surface area contributed by atoms with Gasteiger partial charge in [-0.25, -0.2) is 17.9 Å². The number of benzene rings is 1. The Balaban J connectivity index is 2.99. The molecule has 1 aromatic rings. The number of anilines is 1. The normalized spacial score (nSPS) is 12.9. The van der Waals surface area contributed by atoms with E-state index in [1.165, 1.54) is 12.1 Å². The highest BCUT2D eigenvalue weighted by atomic mass is 32.2.